The molecule has 0 aliphatic heterocycles. The predicted octanol–water partition coefficient (Wildman–Crippen LogP) is 5.39. The van der Waals surface area contributed by atoms with E-state index >= 15 is 0 Å². The molecule has 0 fully saturated rings. The lowest BCUT2D eigenvalue weighted by molar-refractivity contribution is 0.577. The Bertz CT molecular complexity index is 1450. The van der Waals surface area contributed by atoms with Crippen LogP contribution >= 0.6 is 11.3 Å². The van der Waals surface area contributed by atoms with Crippen LogP contribution in [0.2, 0.25) is 0 Å². The van der Waals surface area contributed by atoms with Crippen molar-refractivity contribution in [2.24, 2.45) is 0 Å². The Morgan fingerprint density at radius 2 is 1.87 bits per heavy atom. The molecule has 0 saturated carbocycles. The van der Waals surface area contributed by atoms with Crippen LogP contribution in [0.1, 0.15) is 29.5 Å². The van der Waals surface area contributed by atoms with Gasteiger partial charge in [-0.15, -0.1) is 11.3 Å². The highest BCUT2D eigenvalue weighted by Crippen LogP contribution is 2.40. The highest BCUT2D eigenvalue weighted by Gasteiger charge is 2.24. The van der Waals surface area contributed by atoms with E-state index in [1.165, 1.54) is 28.0 Å². The number of benzene rings is 1. The maximum atomic E-state index is 13.3. The Balaban J connectivity index is 1.51. The van der Waals surface area contributed by atoms with E-state index in [0.717, 1.165) is 59.3 Å². The molecule has 0 saturated heterocycles. The minimum absolute atomic E-state index is 0.0213. The van der Waals surface area contributed by atoms with E-state index in [9.17, 15) is 4.79 Å². The van der Waals surface area contributed by atoms with Crippen LogP contribution in [0.25, 0.3) is 31.9 Å². The third-order valence-corrected chi connectivity index (χ3v) is 7.21. The lowest BCUT2D eigenvalue weighted by Gasteiger charge is -2.19. The first-order chi connectivity index (χ1) is 15.3. The fraction of sp³-hybridized carbons (Fsp3) is 0.240. The van der Waals surface area contributed by atoms with Crippen LogP contribution in [0.5, 0.6) is 0 Å². The second-order valence-electron chi connectivity index (χ2n) is 8.04. The number of rotatable bonds is 4. The largest absolute Gasteiger partial charge is 0.463 e. The summed E-state index contributed by atoms with van der Waals surface area (Å²) < 4.78 is 8.11. The van der Waals surface area contributed by atoms with Crippen LogP contribution in [0.15, 0.2) is 64.3 Å². The van der Waals surface area contributed by atoms with E-state index in [1.807, 2.05) is 30.3 Å². The van der Waals surface area contributed by atoms with Crippen LogP contribution in [0, 0.1) is 0 Å². The number of hydrogen-bond donors (Lipinski definition) is 0. The van der Waals surface area contributed by atoms with Crippen LogP contribution in [-0.4, -0.2) is 14.5 Å². The summed E-state index contributed by atoms with van der Waals surface area (Å²) in [5, 5.41) is 1.07. The SMILES string of the molecule is O=c1c2sc3nc(-c4ccco4)c4c(c3c2ncn1CCc1ccccc1)CCCC4. The number of fused-ring (bicyclic) bond motifs is 5. The quantitative estimate of drug-likeness (QED) is 0.386. The van der Waals surface area contributed by atoms with Gasteiger partial charge in [0.15, 0.2) is 5.76 Å². The van der Waals surface area contributed by atoms with Gasteiger partial charge in [0.25, 0.3) is 5.56 Å². The molecule has 6 rings (SSSR count). The van der Waals surface area contributed by atoms with Crippen molar-refractivity contribution in [3.8, 4) is 11.5 Å². The fourth-order valence-corrected chi connectivity index (χ4v) is 5.73. The molecule has 0 bridgehead atoms. The maximum Gasteiger partial charge on any atom is 0.271 e. The highest BCUT2D eigenvalue weighted by atomic mass is 32.1. The Labute approximate surface area is 183 Å². The van der Waals surface area contributed by atoms with Crippen molar-refractivity contribution < 1.29 is 4.42 Å². The standard InChI is InChI=1S/C25H21N3O2S/c29-25-23-22(26-15-28(25)13-12-16-7-2-1-3-8-16)20-17-9-4-5-10-18(17)21(27-24(20)31-23)19-11-6-14-30-19/h1-3,6-8,11,14-15H,4-5,9-10,12-13H2. The van der Waals surface area contributed by atoms with Gasteiger partial charge in [-0.05, 0) is 60.9 Å². The minimum atomic E-state index is 0.0213. The molecule has 4 heterocycles. The molecule has 31 heavy (non-hydrogen) atoms. The Morgan fingerprint density at radius 3 is 2.68 bits per heavy atom. The zero-order chi connectivity index (χ0) is 20.8. The van der Waals surface area contributed by atoms with Gasteiger partial charge in [-0.25, -0.2) is 9.97 Å². The summed E-state index contributed by atoms with van der Waals surface area (Å²) in [7, 11) is 0. The molecular weight excluding hydrogens is 406 g/mol. The Morgan fingerprint density at radius 1 is 1.03 bits per heavy atom. The molecule has 0 atom stereocenters. The molecule has 0 amide bonds. The molecule has 0 N–H and O–H groups in total. The summed E-state index contributed by atoms with van der Waals surface area (Å²) in [6.07, 6.45) is 8.47. The first kappa shape index (κ1) is 18.5. The molecule has 5 nitrogen and oxygen atoms in total. The van der Waals surface area contributed by atoms with Gasteiger partial charge >= 0.3 is 0 Å². The Kier molecular flexibility index (Phi) is 4.46. The summed E-state index contributed by atoms with van der Waals surface area (Å²) in [6.45, 7) is 0.614. The van der Waals surface area contributed by atoms with Crippen LogP contribution in [0.4, 0.5) is 0 Å². The van der Waals surface area contributed by atoms with E-state index in [4.69, 9.17) is 14.4 Å². The number of pyridine rings is 1. The summed E-state index contributed by atoms with van der Waals surface area (Å²) >= 11 is 1.46. The van der Waals surface area contributed by atoms with Gasteiger partial charge in [-0.3, -0.25) is 9.36 Å². The minimum Gasteiger partial charge on any atom is -0.463 e. The lowest BCUT2D eigenvalue weighted by Crippen LogP contribution is -2.20. The molecule has 5 aromatic rings. The first-order valence-electron chi connectivity index (χ1n) is 10.7. The van der Waals surface area contributed by atoms with Gasteiger partial charge in [-0.1, -0.05) is 30.3 Å². The van der Waals surface area contributed by atoms with E-state index in [1.54, 1.807) is 17.2 Å². The van der Waals surface area contributed by atoms with Crippen molar-refractivity contribution in [3.05, 3.63) is 82.1 Å². The highest BCUT2D eigenvalue weighted by molar-refractivity contribution is 7.25. The van der Waals surface area contributed by atoms with Crippen molar-refractivity contribution in [1.82, 2.24) is 14.5 Å². The van der Waals surface area contributed by atoms with Gasteiger partial charge in [0, 0.05) is 11.9 Å². The first-order valence-corrected chi connectivity index (χ1v) is 11.5. The van der Waals surface area contributed by atoms with Crippen LogP contribution < -0.4 is 5.56 Å². The Hall–Kier alpha value is -3.25. The fourth-order valence-electron chi connectivity index (χ4n) is 4.62. The van der Waals surface area contributed by atoms with Crippen molar-refractivity contribution >= 4 is 31.8 Å². The molecule has 1 aromatic carbocycles. The summed E-state index contributed by atoms with van der Waals surface area (Å²) in [6, 6.07) is 14.1. The normalized spacial score (nSPS) is 13.7. The third-order valence-electron chi connectivity index (χ3n) is 6.15. The van der Waals surface area contributed by atoms with E-state index in [2.05, 4.69) is 12.1 Å². The number of aromatic nitrogens is 3. The van der Waals surface area contributed by atoms with Crippen LogP contribution in [-0.2, 0) is 25.8 Å². The molecule has 1 aliphatic carbocycles. The number of aryl methyl sites for hydroxylation is 3. The zero-order valence-electron chi connectivity index (χ0n) is 17.0. The average molecular weight is 428 g/mol. The maximum absolute atomic E-state index is 13.3. The van der Waals surface area contributed by atoms with E-state index in [0.29, 0.717) is 11.2 Å². The zero-order valence-corrected chi connectivity index (χ0v) is 17.8. The van der Waals surface area contributed by atoms with E-state index < -0.39 is 0 Å². The van der Waals surface area contributed by atoms with Crippen molar-refractivity contribution in [2.75, 3.05) is 0 Å². The van der Waals surface area contributed by atoms with Gasteiger partial charge in [0.1, 0.15) is 15.2 Å². The van der Waals surface area contributed by atoms with Gasteiger partial charge in [0.05, 0.1) is 18.1 Å². The number of furan rings is 1. The number of nitrogens with zero attached hydrogens (tertiary/aromatic N) is 3. The summed E-state index contributed by atoms with van der Waals surface area (Å²) in [5.41, 5.74) is 5.50. The topological polar surface area (TPSA) is 60.9 Å². The predicted molar refractivity (Wildman–Crippen MR) is 124 cm³/mol. The van der Waals surface area contributed by atoms with Crippen molar-refractivity contribution in [3.63, 3.8) is 0 Å². The summed E-state index contributed by atoms with van der Waals surface area (Å²) in [4.78, 5) is 23.9. The van der Waals surface area contributed by atoms with Crippen molar-refractivity contribution in [1.29, 1.82) is 0 Å². The molecule has 0 radical (unpaired) electrons. The molecule has 0 spiro atoms. The van der Waals surface area contributed by atoms with Gasteiger partial charge in [0.2, 0.25) is 0 Å². The second-order valence-corrected chi connectivity index (χ2v) is 9.04. The third kappa shape index (κ3) is 3.10. The number of hydrogen-bond acceptors (Lipinski definition) is 5. The van der Waals surface area contributed by atoms with Gasteiger partial charge in [-0.2, -0.15) is 0 Å². The van der Waals surface area contributed by atoms with E-state index in [-0.39, 0.29) is 5.56 Å². The molecule has 4 aromatic heterocycles. The molecular formula is C25H21N3O2S. The number of thiophene rings is 1. The lowest BCUT2D eigenvalue weighted by atomic mass is 9.88. The van der Waals surface area contributed by atoms with Crippen molar-refractivity contribution in [2.45, 2.75) is 38.6 Å². The smallest absolute Gasteiger partial charge is 0.271 e. The molecule has 154 valence electrons. The van der Waals surface area contributed by atoms with Gasteiger partial charge < -0.3 is 4.42 Å². The average Bonchev–Trinajstić information content (AvgIpc) is 3.47. The monoisotopic (exact) mass is 427 g/mol. The van der Waals surface area contributed by atoms with Crippen LogP contribution in [0.3, 0.4) is 0 Å². The molecule has 6 heteroatoms. The summed E-state index contributed by atoms with van der Waals surface area (Å²) in [5.74, 6) is 0.797. The second kappa shape index (κ2) is 7.46. The molecule has 1 aliphatic rings. The molecule has 0 unspecified atom stereocenters.